The van der Waals surface area contributed by atoms with Crippen LogP contribution < -0.4 is 22.3 Å². The molecule has 6 rings (SSSR count). The number of phosphoric ester groups is 1. The second-order valence-corrected chi connectivity index (χ2v) is 14.8. The van der Waals surface area contributed by atoms with Crippen LogP contribution in [0.1, 0.15) is 43.8 Å². The first kappa shape index (κ1) is 43.1. The quantitative estimate of drug-likeness (QED) is 0.0395. The van der Waals surface area contributed by atoms with Gasteiger partial charge in [0.05, 0.1) is 39.0 Å². The lowest BCUT2D eigenvalue weighted by Gasteiger charge is -2.25. The van der Waals surface area contributed by atoms with Gasteiger partial charge in [-0.2, -0.15) is 0 Å². The molecule has 2 saturated heterocycles. The van der Waals surface area contributed by atoms with Crippen LogP contribution in [0, 0.1) is 0 Å². The lowest BCUT2D eigenvalue weighted by molar-refractivity contribution is -0.122. The number of imidazole rings is 1. The maximum absolute atomic E-state index is 12.5. The molecule has 318 valence electrons. The number of phosphoric acid groups is 1. The average Bonchev–Trinajstić information content (AvgIpc) is 3.98. The van der Waals surface area contributed by atoms with Crippen LogP contribution in [0.5, 0.6) is 0 Å². The van der Waals surface area contributed by atoms with E-state index in [0.717, 1.165) is 17.7 Å². The Morgan fingerprint density at radius 1 is 1.05 bits per heavy atom. The van der Waals surface area contributed by atoms with Gasteiger partial charge < -0.3 is 49.8 Å². The van der Waals surface area contributed by atoms with Crippen molar-refractivity contribution in [2.75, 3.05) is 46.3 Å². The fraction of sp³-hybridized carbons (Fsp3) is 0.625. The van der Waals surface area contributed by atoms with Crippen molar-refractivity contribution in [3.63, 3.8) is 0 Å². The number of aromatic nitrogens is 9. The van der Waals surface area contributed by atoms with Gasteiger partial charge in [0.25, 0.3) is 5.56 Å². The predicted octanol–water partition coefficient (Wildman–Crippen LogP) is -1.88. The second kappa shape index (κ2) is 19.5. The molecule has 3 unspecified atom stereocenters. The molecule has 9 atom stereocenters. The number of hydrogen-bond donors (Lipinski definition) is 6. The van der Waals surface area contributed by atoms with E-state index in [9.17, 15) is 34.1 Å². The van der Waals surface area contributed by atoms with E-state index >= 15 is 0 Å². The number of amides is 1. The number of fused-ring (bicyclic) bond motifs is 1. The molecule has 4 aromatic rings. The molecule has 58 heavy (non-hydrogen) atoms. The molecule has 0 aliphatic carbocycles. The number of aliphatic hydroxyl groups is 2. The van der Waals surface area contributed by atoms with E-state index in [1.165, 1.54) is 30.5 Å². The Hall–Kier alpha value is -4.53. The molecule has 7 N–H and O–H groups in total. The van der Waals surface area contributed by atoms with E-state index in [2.05, 4.69) is 40.1 Å². The van der Waals surface area contributed by atoms with Crippen molar-refractivity contribution < 1.29 is 57.2 Å². The molecule has 0 saturated carbocycles. The number of H-pyrrole nitrogens is 1. The Kier molecular flexibility index (Phi) is 14.5. The molecule has 1 amide bonds. The summed E-state index contributed by atoms with van der Waals surface area (Å²) >= 11 is 0. The highest BCUT2D eigenvalue weighted by Gasteiger charge is 2.51. The summed E-state index contributed by atoms with van der Waals surface area (Å²) in [6, 6.07) is 1.16. The van der Waals surface area contributed by atoms with Gasteiger partial charge in [0, 0.05) is 46.0 Å². The number of unbranched alkanes of at least 4 members (excludes halogenated alkanes) is 2. The van der Waals surface area contributed by atoms with Crippen LogP contribution >= 0.6 is 7.82 Å². The summed E-state index contributed by atoms with van der Waals surface area (Å²) in [4.78, 5) is 61.1. The predicted molar refractivity (Wildman–Crippen MR) is 195 cm³/mol. The lowest BCUT2D eigenvalue weighted by Crippen LogP contribution is -2.40. The van der Waals surface area contributed by atoms with Gasteiger partial charge in [0.15, 0.2) is 23.9 Å². The molecule has 0 spiro atoms. The average molecular weight is 840 g/mol. The first-order valence-corrected chi connectivity index (χ1v) is 19.7. The van der Waals surface area contributed by atoms with Gasteiger partial charge in [0.2, 0.25) is 5.91 Å². The highest BCUT2D eigenvalue weighted by atomic mass is 31.2. The van der Waals surface area contributed by atoms with Crippen LogP contribution in [0.25, 0.3) is 11.2 Å². The van der Waals surface area contributed by atoms with Gasteiger partial charge in [0.1, 0.15) is 54.2 Å². The lowest BCUT2D eigenvalue weighted by atomic mass is 10.1. The van der Waals surface area contributed by atoms with E-state index < -0.39 is 74.8 Å². The van der Waals surface area contributed by atoms with Gasteiger partial charge in [-0.1, -0.05) is 11.6 Å². The molecule has 4 aromatic heterocycles. The molecule has 2 aliphatic rings. The molecule has 26 heteroatoms. The number of nitrogens with zero attached hydrogens (tertiary/aromatic N) is 8. The number of ether oxygens (including phenoxy) is 5. The Balaban J connectivity index is 0.947. The third-order valence-electron chi connectivity index (χ3n) is 9.42. The zero-order valence-corrected chi connectivity index (χ0v) is 32.4. The molecule has 6 heterocycles. The number of anilines is 1. The zero-order valence-electron chi connectivity index (χ0n) is 31.5. The van der Waals surface area contributed by atoms with Gasteiger partial charge in [-0.05, 0) is 12.8 Å². The van der Waals surface area contributed by atoms with Crippen molar-refractivity contribution in [1.82, 2.24) is 49.4 Å². The van der Waals surface area contributed by atoms with E-state index in [4.69, 9.17) is 33.9 Å². The van der Waals surface area contributed by atoms with E-state index in [0.29, 0.717) is 42.7 Å². The summed E-state index contributed by atoms with van der Waals surface area (Å²) in [7, 11) is -2.11. The van der Waals surface area contributed by atoms with Crippen molar-refractivity contribution in [3.05, 3.63) is 57.6 Å². The maximum Gasteiger partial charge on any atom is 0.472 e. The summed E-state index contributed by atoms with van der Waals surface area (Å²) in [5, 5.41) is 31.9. The minimum absolute atomic E-state index is 0.0213. The van der Waals surface area contributed by atoms with Crippen molar-refractivity contribution in [2.45, 2.75) is 87.9 Å². The van der Waals surface area contributed by atoms with Crippen LogP contribution in [0.4, 0.5) is 5.82 Å². The number of hydrogen-bond acceptors (Lipinski definition) is 19. The minimum atomic E-state index is -4.56. The Labute approximate surface area is 329 Å². The fourth-order valence-corrected chi connectivity index (χ4v) is 7.24. The van der Waals surface area contributed by atoms with Gasteiger partial charge in [-0.3, -0.25) is 37.4 Å². The number of carbonyl (C=O) groups excluding carboxylic acids is 1. The van der Waals surface area contributed by atoms with Crippen molar-refractivity contribution >= 4 is 30.7 Å². The molecule has 2 aliphatic heterocycles. The topological polar surface area (TPSA) is 327 Å². The highest BCUT2D eigenvalue weighted by molar-refractivity contribution is 7.47. The number of carbonyl (C=O) groups is 1. The number of aryl methyl sites for hydroxylation is 1. The molecule has 2 fully saturated rings. The van der Waals surface area contributed by atoms with Gasteiger partial charge in [-0.25, -0.2) is 24.3 Å². The second-order valence-electron chi connectivity index (χ2n) is 13.3. The van der Waals surface area contributed by atoms with Crippen LogP contribution in [0.2, 0.25) is 0 Å². The molecule has 0 aromatic carbocycles. The highest BCUT2D eigenvalue weighted by Crippen LogP contribution is 2.48. The van der Waals surface area contributed by atoms with Crippen molar-refractivity contribution in [3.8, 4) is 0 Å². The number of aliphatic hydroxyl groups excluding tert-OH is 2. The van der Waals surface area contributed by atoms with Crippen molar-refractivity contribution in [2.24, 2.45) is 0 Å². The third-order valence-corrected chi connectivity index (χ3v) is 10.4. The summed E-state index contributed by atoms with van der Waals surface area (Å²) < 4.78 is 55.6. The first-order valence-electron chi connectivity index (χ1n) is 18.2. The number of rotatable bonds is 21. The molecule has 0 radical (unpaired) electrons. The standard InChI is InChI=1S/C32H46N11O14P/c1-51-15-20-24(47)26(30(56-20)42-10-7-22(46)38-32(42)48)53-11-8-34-21(45)6-4-3-5-9-41-12-18(39-40-41)14-54-27-25(57-58(49,50)52-2)19(13-44)55-31(27)43-17-37-23-28(33)35-16-36-29(23)43/h7,10,12,16-17,19-20,24-27,30-31,44,47H,3-6,8-9,11,13-15H2,1-2H3,(H,34,45)(H,49,50)(H2,33,35,36)(H,38,46,48)/t19-,20-,24?,25?,26+,27+,30-,31-/m1/s1. The Morgan fingerprint density at radius 2 is 1.84 bits per heavy atom. The molecular weight excluding hydrogens is 793 g/mol. The van der Waals surface area contributed by atoms with Crippen molar-refractivity contribution in [1.29, 1.82) is 0 Å². The Bertz CT molecular complexity index is 2150. The minimum Gasteiger partial charge on any atom is -0.394 e. The monoisotopic (exact) mass is 839 g/mol. The smallest absolute Gasteiger partial charge is 0.394 e. The largest absolute Gasteiger partial charge is 0.472 e. The molecule has 25 nitrogen and oxygen atoms in total. The Morgan fingerprint density at radius 3 is 2.60 bits per heavy atom. The number of nitrogens with one attached hydrogen (secondary N) is 2. The van der Waals surface area contributed by atoms with Crippen LogP contribution in [0.3, 0.4) is 0 Å². The van der Waals surface area contributed by atoms with E-state index in [-0.39, 0.29) is 44.5 Å². The van der Waals surface area contributed by atoms with E-state index in [1.807, 2.05) is 0 Å². The van der Waals surface area contributed by atoms with Crippen LogP contribution in [-0.2, 0) is 55.2 Å². The fourth-order valence-electron chi connectivity index (χ4n) is 6.59. The summed E-state index contributed by atoms with van der Waals surface area (Å²) in [5.41, 5.74) is 5.66. The number of nitrogen functional groups attached to an aromatic ring is 1. The molecule has 0 bridgehead atoms. The maximum atomic E-state index is 12.5. The van der Waals surface area contributed by atoms with Crippen LogP contribution in [0.15, 0.2) is 40.7 Å². The first-order chi connectivity index (χ1) is 27.9. The SMILES string of the molecule is COC[C@H]1O[C@@H](n2ccc(=O)[nH]c2=O)[C@@H](OCCNC(=O)CCCCCn2cc(CO[C@H]3C(OP(=O)(O)OC)[C@@H](CO)O[C@H]3n3cnc4c(N)ncnc43)nn2)C1O. The van der Waals surface area contributed by atoms with Crippen LogP contribution in [-0.4, -0.2) is 142 Å². The number of nitrogens with two attached hydrogens (primary N) is 1. The summed E-state index contributed by atoms with van der Waals surface area (Å²) in [5.74, 6) is -0.0676. The third kappa shape index (κ3) is 10.2. The number of aromatic amines is 1. The van der Waals surface area contributed by atoms with E-state index in [1.54, 1.807) is 10.9 Å². The van der Waals surface area contributed by atoms with Gasteiger partial charge >= 0.3 is 13.5 Å². The summed E-state index contributed by atoms with van der Waals surface area (Å²) in [6.45, 7) is 0.00528. The normalized spacial score (nSPS) is 25.7. The number of methoxy groups -OCH3 is 1. The summed E-state index contributed by atoms with van der Waals surface area (Å²) in [6.07, 6.45) is -0.593. The van der Waals surface area contributed by atoms with Gasteiger partial charge in [-0.15, -0.1) is 5.10 Å². The molecular formula is C32H46N11O14P. The zero-order chi connectivity index (χ0) is 41.4.